The van der Waals surface area contributed by atoms with E-state index in [1.807, 2.05) is 23.7 Å². The topological polar surface area (TPSA) is 57.3 Å². The first-order valence-corrected chi connectivity index (χ1v) is 10.1. The fourth-order valence-electron chi connectivity index (χ4n) is 3.33. The maximum Gasteiger partial charge on any atom is 0.206 e. The summed E-state index contributed by atoms with van der Waals surface area (Å²) in [6, 6.07) is 4.17. The SMILES string of the molecule is COc1ccc(C=Nn2c(C)csc2=NC2CCCCC2)c(OC)c1OC. The second-order valence-corrected chi connectivity index (χ2v) is 7.40. The van der Waals surface area contributed by atoms with Gasteiger partial charge in [0.25, 0.3) is 0 Å². The third-order valence-corrected chi connectivity index (χ3v) is 5.71. The third kappa shape index (κ3) is 4.35. The van der Waals surface area contributed by atoms with E-state index in [1.165, 1.54) is 32.1 Å². The first-order valence-electron chi connectivity index (χ1n) is 9.22. The van der Waals surface area contributed by atoms with Gasteiger partial charge < -0.3 is 14.2 Å². The van der Waals surface area contributed by atoms with Gasteiger partial charge in [0.2, 0.25) is 10.6 Å². The second-order valence-electron chi connectivity index (χ2n) is 6.56. The monoisotopic (exact) mass is 389 g/mol. The molecule has 0 bridgehead atoms. The van der Waals surface area contributed by atoms with E-state index in [0.717, 1.165) is 16.1 Å². The molecule has 2 aromatic rings. The number of nitrogens with zero attached hydrogens (tertiary/aromatic N) is 3. The van der Waals surface area contributed by atoms with Crippen LogP contribution in [-0.4, -0.2) is 38.3 Å². The Balaban J connectivity index is 1.95. The number of hydrogen-bond donors (Lipinski definition) is 0. The molecule has 1 aromatic heterocycles. The van der Waals surface area contributed by atoms with Crippen LogP contribution < -0.4 is 19.0 Å². The lowest BCUT2D eigenvalue weighted by Crippen LogP contribution is -2.19. The van der Waals surface area contributed by atoms with Crippen LogP contribution in [0.2, 0.25) is 0 Å². The Hall–Kier alpha value is -2.28. The molecule has 0 radical (unpaired) electrons. The molecule has 27 heavy (non-hydrogen) atoms. The van der Waals surface area contributed by atoms with Crippen molar-refractivity contribution in [2.45, 2.75) is 45.1 Å². The highest BCUT2D eigenvalue weighted by Crippen LogP contribution is 2.39. The van der Waals surface area contributed by atoms with Crippen molar-refractivity contribution in [3.05, 3.63) is 33.6 Å². The van der Waals surface area contributed by atoms with Gasteiger partial charge >= 0.3 is 0 Å². The number of methoxy groups -OCH3 is 3. The Morgan fingerprint density at radius 3 is 2.44 bits per heavy atom. The van der Waals surface area contributed by atoms with Crippen LogP contribution in [-0.2, 0) is 0 Å². The van der Waals surface area contributed by atoms with Crippen molar-refractivity contribution in [1.29, 1.82) is 0 Å². The molecule has 1 saturated carbocycles. The molecule has 0 atom stereocenters. The van der Waals surface area contributed by atoms with E-state index >= 15 is 0 Å². The minimum Gasteiger partial charge on any atom is -0.493 e. The first-order chi connectivity index (χ1) is 13.2. The number of aryl methyl sites for hydroxylation is 1. The average molecular weight is 390 g/mol. The molecule has 3 rings (SSSR count). The Labute approximate surface area is 164 Å². The predicted octanol–water partition coefficient (Wildman–Crippen LogP) is 4.00. The van der Waals surface area contributed by atoms with E-state index in [9.17, 15) is 0 Å². The summed E-state index contributed by atoms with van der Waals surface area (Å²) < 4.78 is 18.2. The van der Waals surface area contributed by atoms with Crippen molar-refractivity contribution < 1.29 is 14.2 Å². The molecule has 1 heterocycles. The quantitative estimate of drug-likeness (QED) is 0.702. The lowest BCUT2D eigenvalue weighted by molar-refractivity contribution is 0.324. The number of thiazole rings is 1. The largest absolute Gasteiger partial charge is 0.493 e. The van der Waals surface area contributed by atoms with Gasteiger partial charge in [-0.25, -0.2) is 4.68 Å². The summed E-state index contributed by atoms with van der Waals surface area (Å²) in [4.78, 5) is 5.89. The Morgan fingerprint density at radius 1 is 1.04 bits per heavy atom. The van der Waals surface area contributed by atoms with Crippen LogP contribution in [0.5, 0.6) is 17.2 Å². The zero-order valence-electron chi connectivity index (χ0n) is 16.4. The number of hydrogen-bond acceptors (Lipinski definition) is 6. The van der Waals surface area contributed by atoms with Gasteiger partial charge in [-0.1, -0.05) is 19.3 Å². The van der Waals surface area contributed by atoms with Gasteiger partial charge in [0.05, 0.1) is 39.3 Å². The minimum absolute atomic E-state index is 0.411. The van der Waals surface area contributed by atoms with Gasteiger partial charge in [0.15, 0.2) is 11.5 Å². The molecule has 7 heteroatoms. The fourth-order valence-corrected chi connectivity index (χ4v) is 4.20. The van der Waals surface area contributed by atoms with Crippen LogP contribution in [0.1, 0.15) is 43.4 Å². The summed E-state index contributed by atoms with van der Waals surface area (Å²) in [5.74, 6) is 1.78. The minimum atomic E-state index is 0.411. The molecule has 1 aliphatic carbocycles. The summed E-state index contributed by atoms with van der Waals surface area (Å²) in [7, 11) is 4.82. The summed E-state index contributed by atoms with van der Waals surface area (Å²) in [6.07, 6.45) is 7.98. The van der Waals surface area contributed by atoms with Crippen LogP contribution in [0.3, 0.4) is 0 Å². The molecule has 0 aliphatic heterocycles. The zero-order chi connectivity index (χ0) is 19.2. The van der Waals surface area contributed by atoms with E-state index in [-0.39, 0.29) is 0 Å². The fraction of sp³-hybridized carbons (Fsp3) is 0.500. The van der Waals surface area contributed by atoms with Gasteiger partial charge in [0.1, 0.15) is 0 Å². The van der Waals surface area contributed by atoms with Crippen molar-refractivity contribution in [1.82, 2.24) is 4.68 Å². The Bertz CT molecular complexity index is 864. The molecule has 146 valence electrons. The Kier molecular flexibility index (Phi) is 6.55. The summed E-state index contributed by atoms with van der Waals surface area (Å²) in [5.41, 5.74) is 1.88. The van der Waals surface area contributed by atoms with E-state index < -0.39 is 0 Å². The molecule has 0 amide bonds. The lowest BCUT2D eigenvalue weighted by Gasteiger charge is -2.16. The van der Waals surface area contributed by atoms with Crippen molar-refractivity contribution in [2.75, 3.05) is 21.3 Å². The number of ether oxygens (including phenoxy) is 3. The molecule has 1 aromatic carbocycles. The van der Waals surface area contributed by atoms with Crippen molar-refractivity contribution in [2.24, 2.45) is 10.1 Å². The molecule has 0 spiro atoms. The standard InChI is InChI=1S/C20H27N3O3S/c1-14-13-27-20(22-16-8-6-5-7-9-16)23(14)21-12-15-10-11-17(24-2)19(26-4)18(15)25-3/h10-13,16H,5-9H2,1-4H3. The molecular weight excluding hydrogens is 362 g/mol. The average Bonchev–Trinajstić information content (AvgIpc) is 3.05. The molecule has 0 unspecified atom stereocenters. The van der Waals surface area contributed by atoms with Gasteiger partial charge in [-0.3, -0.25) is 4.99 Å². The maximum atomic E-state index is 5.54. The van der Waals surface area contributed by atoms with Gasteiger partial charge in [-0.2, -0.15) is 5.10 Å². The van der Waals surface area contributed by atoms with Crippen molar-refractivity contribution in [3.8, 4) is 17.2 Å². The summed E-state index contributed by atoms with van der Waals surface area (Å²) in [6.45, 7) is 2.04. The smallest absolute Gasteiger partial charge is 0.206 e. The summed E-state index contributed by atoms with van der Waals surface area (Å²) >= 11 is 1.64. The van der Waals surface area contributed by atoms with Crippen molar-refractivity contribution >= 4 is 17.6 Å². The molecule has 1 fully saturated rings. The number of benzene rings is 1. The van der Waals surface area contributed by atoms with E-state index in [4.69, 9.17) is 19.2 Å². The first kappa shape index (κ1) is 19.5. The molecule has 0 saturated heterocycles. The van der Waals surface area contributed by atoms with E-state index in [1.54, 1.807) is 38.9 Å². The second kappa shape index (κ2) is 9.08. The van der Waals surface area contributed by atoms with Crippen LogP contribution >= 0.6 is 11.3 Å². The molecular formula is C20H27N3O3S. The zero-order valence-corrected chi connectivity index (χ0v) is 17.2. The van der Waals surface area contributed by atoms with Gasteiger partial charge in [0, 0.05) is 10.9 Å². The summed E-state index contributed by atoms with van der Waals surface area (Å²) in [5, 5.41) is 6.76. The van der Waals surface area contributed by atoms with Crippen molar-refractivity contribution in [3.63, 3.8) is 0 Å². The van der Waals surface area contributed by atoms with E-state index in [0.29, 0.717) is 23.3 Å². The van der Waals surface area contributed by atoms with Crippen LogP contribution in [0.25, 0.3) is 0 Å². The highest BCUT2D eigenvalue weighted by atomic mass is 32.1. The van der Waals surface area contributed by atoms with Crippen LogP contribution in [0.4, 0.5) is 0 Å². The molecule has 6 nitrogen and oxygen atoms in total. The maximum absolute atomic E-state index is 5.54. The van der Waals surface area contributed by atoms with Gasteiger partial charge in [-0.15, -0.1) is 11.3 Å². The highest BCUT2D eigenvalue weighted by Gasteiger charge is 2.15. The third-order valence-electron chi connectivity index (χ3n) is 4.76. The normalized spacial score (nSPS) is 16.1. The van der Waals surface area contributed by atoms with Crippen LogP contribution in [0, 0.1) is 6.92 Å². The Morgan fingerprint density at radius 2 is 1.78 bits per heavy atom. The number of rotatable bonds is 6. The molecule has 0 N–H and O–H groups in total. The van der Waals surface area contributed by atoms with E-state index in [2.05, 4.69) is 10.5 Å². The predicted molar refractivity (Wildman–Crippen MR) is 109 cm³/mol. The number of aromatic nitrogens is 1. The highest BCUT2D eigenvalue weighted by molar-refractivity contribution is 7.07. The van der Waals surface area contributed by atoms with Crippen LogP contribution in [0.15, 0.2) is 27.6 Å². The molecule has 1 aliphatic rings. The van der Waals surface area contributed by atoms with Gasteiger partial charge in [-0.05, 0) is 31.9 Å². The lowest BCUT2D eigenvalue weighted by atomic mass is 9.96.